The second-order valence-electron chi connectivity index (χ2n) is 15.6. The molecule has 4 N–H and O–H groups in total. The van der Waals surface area contributed by atoms with Crippen LogP contribution < -0.4 is 5.32 Å². The van der Waals surface area contributed by atoms with E-state index < -0.39 is 24.2 Å². The molecule has 294 valence electrons. The van der Waals surface area contributed by atoms with E-state index in [1.165, 1.54) is 193 Å². The van der Waals surface area contributed by atoms with E-state index in [4.69, 9.17) is 0 Å². The van der Waals surface area contributed by atoms with E-state index in [-0.39, 0.29) is 6.61 Å². The number of hydrogen-bond donors (Lipinski definition) is 4. The van der Waals surface area contributed by atoms with Crippen molar-refractivity contribution in [3.8, 4) is 0 Å². The van der Waals surface area contributed by atoms with Gasteiger partial charge in [-0.25, -0.2) is 0 Å². The molecule has 5 heteroatoms. The molecule has 0 rings (SSSR count). The van der Waals surface area contributed by atoms with E-state index in [9.17, 15) is 20.1 Å². The Kier molecular flexibility index (Phi) is 39.6. The molecule has 0 heterocycles. The third kappa shape index (κ3) is 35.5. The van der Waals surface area contributed by atoms with Gasteiger partial charge in [0.2, 0.25) is 5.91 Å². The fourth-order valence-electron chi connectivity index (χ4n) is 7.19. The van der Waals surface area contributed by atoms with Crippen LogP contribution in [0, 0.1) is 0 Å². The molecular weight excluding hydrogens is 606 g/mol. The molecule has 1 amide bonds. The van der Waals surface area contributed by atoms with E-state index >= 15 is 0 Å². The van der Waals surface area contributed by atoms with E-state index in [0.29, 0.717) is 12.8 Å². The first-order valence-electron chi connectivity index (χ1n) is 22.3. The van der Waals surface area contributed by atoms with Crippen LogP contribution in [0.1, 0.15) is 251 Å². The number of carbonyl (C=O) groups excluding carboxylic acids is 1. The van der Waals surface area contributed by atoms with Crippen LogP contribution in [0.15, 0.2) is 0 Å². The van der Waals surface area contributed by atoms with Crippen LogP contribution in [0.5, 0.6) is 0 Å². The first-order valence-corrected chi connectivity index (χ1v) is 22.3. The minimum absolute atomic E-state index is 0.308. The predicted molar refractivity (Wildman–Crippen MR) is 213 cm³/mol. The van der Waals surface area contributed by atoms with Gasteiger partial charge in [-0.3, -0.25) is 4.79 Å². The molecule has 0 aromatic rings. The quantitative estimate of drug-likeness (QED) is 0.0479. The predicted octanol–water partition coefficient (Wildman–Crippen LogP) is 12.7. The molecule has 0 saturated heterocycles. The van der Waals surface area contributed by atoms with Gasteiger partial charge in [-0.05, 0) is 12.8 Å². The number of amides is 1. The summed E-state index contributed by atoms with van der Waals surface area (Å²) in [5.41, 5.74) is 0. The van der Waals surface area contributed by atoms with Crippen LogP contribution in [-0.4, -0.2) is 46.1 Å². The summed E-state index contributed by atoms with van der Waals surface area (Å²) in [6, 6.07) is -0.705. The molecule has 3 atom stereocenters. The number of hydrogen-bond acceptors (Lipinski definition) is 4. The van der Waals surface area contributed by atoms with Crippen molar-refractivity contribution >= 4 is 5.91 Å². The monoisotopic (exact) mass is 696 g/mol. The number of aliphatic hydroxyl groups is 3. The topological polar surface area (TPSA) is 89.8 Å². The average molecular weight is 696 g/mol. The fraction of sp³-hybridized carbons (Fsp3) is 0.977. The third-order valence-electron chi connectivity index (χ3n) is 10.7. The van der Waals surface area contributed by atoms with Crippen molar-refractivity contribution in [2.75, 3.05) is 6.61 Å². The average Bonchev–Trinajstić information content (AvgIpc) is 3.11. The second-order valence-corrected chi connectivity index (χ2v) is 15.6. The lowest BCUT2D eigenvalue weighted by atomic mass is 10.0. The maximum absolute atomic E-state index is 12.5. The molecule has 0 saturated carbocycles. The third-order valence-corrected chi connectivity index (χ3v) is 10.7. The van der Waals surface area contributed by atoms with E-state index in [0.717, 1.165) is 32.1 Å². The summed E-state index contributed by atoms with van der Waals surface area (Å²) in [6.45, 7) is 4.25. The van der Waals surface area contributed by atoms with Crippen LogP contribution in [0.2, 0.25) is 0 Å². The molecule has 0 fully saturated rings. The highest BCUT2D eigenvalue weighted by Crippen LogP contribution is 2.17. The lowest BCUT2D eigenvalue weighted by Gasteiger charge is -2.23. The van der Waals surface area contributed by atoms with Gasteiger partial charge in [-0.2, -0.15) is 0 Å². The highest BCUT2D eigenvalue weighted by atomic mass is 16.3. The van der Waals surface area contributed by atoms with Crippen molar-refractivity contribution in [3.05, 3.63) is 0 Å². The smallest absolute Gasteiger partial charge is 0.249 e. The Morgan fingerprint density at radius 2 is 0.653 bits per heavy atom. The largest absolute Gasteiger partial charge is 0.394 e. The summed E-state index contributed by atoms with van der Waals surface area (Å²) >= 11 is 0. The summed E-state index contributed by atoms with van der Waals surface area (Å²) < 4.78 is 0. The van der Waals surface area contributed by atoms with Gasteiger partial charge in [-0.15, -0.1) is 0 Å². The molecule has 0 radical (unpaired) electrons. The Labute approximate surface area is 307 Å². The first-order chi connectivity index (χ1) is 24.1. The van der Waals surface area contributed by atoms with E-state index in [1.807, 2.05) is 0 Å². The van der Waals surface area contributed by atoms with Gasteiger partial charge in [0, 0.05) is 0 Å². The Morgan fingerprint density at radius 1 is 0.408 bits per heavy atom. The highest BCUT2D eigenvalue weighted by Gasteiger charge is 2.23. The molecule has 0 aliphatic heterocycles. The van der Waals surface area contributed by atoms with Crippen molar-refractivity contribution in [1.82, 2.24) is 5.32 Å². The van der Waals surface area contributed by atoms with Gasteiger partial charge in [-0.1, -0.05) is 239 Å². The Morgan fingerprint density at radius 3 is 0.918 bits per heavy atom. The van der Waals surface area contributed by atoms with Gasteiger partial charge in [0.1, 0.15) is 6.10 Å². The second kappa shape index (κ2) is 40.1. The molecule has 0 aliphatic carbocycles. The lowest BCUT2D eigenvalue weighted by molar-refractivity contribution is -0.131. The minimum atomic E-state index is -1.07. The maximum atomic E-state index is 12.5. The molecular formula is C44H89NO4. The summed E-state index contributed by atoms with van der Waals surface area (Å²) in [6.07, 6.45) is 45.3. The molecule has 3 unspecified atom stereocenters. The highest BCUT2D eigenvalue weighted by molar-refractivity contribution is 5.80. The summed E-state index contributed by atoms with van der Waals surface area (Å²) in [5, 5.41) is 33.3. The molecule has 0 aromatic heterocycles. The van der Waals surface area contributed by atoms with Gasteiger partial charge >= 0.3 is 0 Å². The Balaban J connectivity index is 3.58. The van der Waals surface area contributed by atoms with Crippen LogP contribution in [0.25, 0.3) is 0 Å². The van der Waals surface area contributed by atoms with Crippen molar-refractivity contribution < 1.29 is 20.1 Å². The van der Waals surface area contributed by atoms with Crippen LogP contribution in [0.3, 0.4) is 0 Å². The van der Waals surface area contributed by atoms with Gasteiger partial charge in [0.05, 0.1) is 18.8 Å². The van der Waals surface area contributed by atoms with Crippen molar-refractivity contribution in [2.24, 2.45) is 0 Å². The molecule has 0 aliphatic rings. The number of nitrogens with one attached hydrogen (secondary N) is 1. The van der Waals surface area contributed by atoms with Crippen molar-refractivity contribution in [1.29, 1.82) is 0 Å². The zero-order valence-corrected chi connectivity index (χ0v) is 33.4. The van der Waals surface area contributed by atoms with Crippen molar-refractivity contribution in [2.45, 2.75) is 270 Å². The first kappa shape index (κ1) is 48.3. The minimum Gasteiger partial charge on any atom is -0.394 e. The summed E-state index contributed by atoms with van der Waals surface area (Å²) in [5.74, 6) is -0.465. The zero-order valence-electron chi connectivity index (χ0n) is 33.4. The maximum Gasteiger partial charge on any atom is 0.249 e. The normalized spacial score (nSPS) is 13.5. The van der Waals surface area contributed by atoms with E-state index in [1.54, 1.807) is 0 Å². The lowest BCUT2D eigenvalue weighted by Crippen LogP contribution is -2.49. The number of carbonyl (C=O) groups is 1. The summed E-state index contributed by atoms with van der Waals surface area (Å²) in [4.78, 5) is 12.5. The van der Waals surface area contributed by atoms with E-state index in [2.05, 4.69) is 19.2 Å². The molecule has 0 aromatic carbocycles. The molecule has 0 spiro atoms. The zero-order chi connectivity index (χ0) is 35.9. The van der Waals surface area contributed by atoms with Crippen LogP contribution in [-0.2, 0) is 4.79 Å². The Bertz CT molecular complexity index is 644. The molecule has 5 nitrogen and oxygen atoms in total. The SMILES string of the molecule is CCCCCCCCCCCCCCCCCCCCC(O)C(=O)NC(CO)C(O)CCCCCCCCCCCCCCCCCCC. The summed E-state index contributed by atoms with van der Waals surface area (Å²) in [7, 11) is 0. The van der Waals surface area contributed by atoms with Crippen LogP contribution in [0.4, 0.5) is 0 Å². The van der Waals surface area contributed by atoms with Gasteiger partial charge in [0.15, 0.2) is 0 Å². The van der Waals surface area contributed by atoms with Gasteiger partial charge < -0.3 is 20.6 Å². The standard InChI is InChI=1S/C44H89NO4/c1-3-5-7-9-11-13-15-17-19-21-23-25-27-29-31-33-35-37-39-43(48)44(49)45-41(40-46)42(47)38-36-34-32-30-28-26-24-22-20-18-16-14-12-10-8-6-4-2/h41-43,46-48H,3-40H2,1-2H3,(H,45,49). The van der Waals surface area contributed by atoms with Crippen molar-refractivity contribution in [3.63, 3.8) is 0 Å². The fourth-order valence-corrected chi connectivity index (χ4v) is 7.19. The number of aliphatic hydroxyl groups excluding tert-OH is 3. The molecule has 0 bridgehead atoms. The van der Waals surface area contributed by atoms with Gasteiger partial charge in [0.25, 0.3) is 0 Å². The number of rotatable bonds is 41. The molecule has 49 heavy (non-hydrogen) atoms. The Hall–Kier alpha value is -0.650. The number of unbranched alkanes of at least 4 members (excludes halogenated alkanes) is 33. The van der Waals surface area contributed by atoms with Crippen LogP contribution >= 0.6 is 0 Å².